The number of rotatable bonds is 3. The van der Waals surface area contributed by atoms with Crippen molar-refractivity contribution in [1.29, 1.82) is 0 Å². The fourth-order valence-electron chi connectivity index (χ4n) is 2.08. The summed E-state index contributed by atoms with van der Waals surface area (Å²) in [5.41, 5.74) is 0. The molecule has 1 aliphatic heterocycles. The van der Waals surface area contributed by atoms with Crippen molar-refractivity contribution in [3.05, 3.63) is 21.3 Å². The predicted octanol–water partition coefficient (Wildman–Crippen LogP) is 1.34. The average Bonchev–Trinajstić information content (AvgIpc) is 2.95. The van der Waals surface area contributed by atoms with Crippen molar-refractivity contribution in [3.63, 3.8) is 0 Å². The van der Waals surface area contributed by atoms with E-state index in [1.807, 2.05) is 0 Å². The largest absolute Gasteiger partial charge is 0.480 e. The van der Waals surface area contributed by atoms with Gasteiger partial charge in [0.1, 0.15) is 6.04 Å². The fourth-order valence-corrected chi connectivity index (χ4v) is 3.03. The number of carbonyl (C=O) groups excluding carboxylic acids is 1. The topological polar surface area (TPSA) is 107 Å². The van der Waals surface area contributed by atoms with Crippen molar-refractivity contribution in [2.24, 2.45) is 0 Å². The van der Waals surface area contributed by atoms with Crippen LogP contribution in [0.5, 0.6) is 0 Å². The molecule has 108 valence electrons. The van der Waals surface area contributed by atoms with Gasteiger partial charge in [-0.3, -0.25) is 9.69 Å². The average molecular weight is 319 g/mol. The summed E-state index contributed by atoms with van der Waals surface area (Å²) in [7, 11) is 0. The van der Waals surface area contributed by atoms with Crippen LogP contribution in [0.15, 0.2) is 12.1 Å². The Morgan fingerprint density at radius 2 is 2.05 bits per heavy atom. The quantitative estimate of drug-likeness (QED) is 0.779. The molecule has 20 heavy (non-hydrogen) atoms. The van der Waals surface area contributed by atoms with E-state index in [0.29, 0.717) is 9.21 Å². The number of halogens is 1. The number of thiophene rings is 1. The van der Waals surface area contributed by atoms with Gasteiger partial charge in [-0.15, -0.1) is 11.3 Å². The molecule has 7 nitrogen and oxygen atoms in total. The van der Waals surface area contributed by atoms with Gasteiger partial charge in [-0.2, -0.15) is 0 Å². The maximum Gasteiger partial charge on any atom is 0.408 e. The van der Waals surface area contributed by atoms with Gasteiger partial charge in [0.25, 0.3) is 5.91 Å². The van der Waals surface area contributed by atoms with Gasteiger partial charge >= 0.3 is 12.1 Å². The fraction of sp³-hybridized carbons (Fsp3) is 0.364. The molecule has 0 spiro atoms. The predicted molar refractivity (Wildman–Crippen MR) is 71.4 cm³/mol. The lowest BCUT2D eigenvalue weighted by atomic mass is 10.1. The Labute approximate surface area is 122 Å². The number of nitrogens with one attached hydrogen (secondary N) is 1. The van der Waals surface area contributed by atoms with Gasteiger partial charge in [0, 0.05) is 19.0 Å². The third-order valence-corrected chi connectivity index (χ3v) is 4.19. The Bertz CT molecular complexity index is 539. The van der Waals surface area contributed by atoms with Crippen LogP contribution in [0.3, 0.4) is 0 Å². The summed E-state index contributed by atoms with van der Waals surface area (Å²) in [6.45, 7) is -0.0445. The van der Waals surface area contributed by atoms with Crippen molar-refractivity contribution in [2.45, 2.75) is 18.5 Å². The lowest BCUT2D eigenvalue weighted by Gasteiger charge is -2.16. The van der Waals surface area contributed by atoms with E-state index in [1.54, 1.807) is 12.1 Å². The number of carbonyl (C=O) groups is 3. The number of carboxylic acids is 1. The second-order valence-corrected chi connectivity index (χ2v) is 6.01. The molecule has 2 rings (SSSR count). The molecule has 0 saturated carbocycles. The molecule has 0 radical (unpaired) electrons. The number of aliphatic carboxylic acids is 1. The molecule has 1 aromatic rings. The third kappa shape index (κ3) is 3.02. The molecule has 0 bridgehead atoms. The van der Waals surface area contributed by atoms with Crippen LogP contribution >= 0.6 is 22.9 Å². The van der Waals surface area contributed by atoms with Crippen LogP contribution in [0.1, 0.15) is 16.1 Å². The molecule has 2 atom stereocenters. The maximum atomic E-state index is 11.9. The van der Waals surface area contributed by atoms with Crippen molar-refractivity contribution in [1.82, 2.24) is 10.2 Å². The minimum Gasteiger partial charge on any atom is -0.480 e. The summed E-state index contributed by atoms with van der Waals surface area (Å²) in [5.74, 6) is -1.61. The Morgan fingerprint density at radius 3 is 2.50 bits per heavy atom. The molecule has 1 fully saturated rings. The summed E-state index contributed by atoms with van der Waals surface area (Å²) >= 11 is 6.83. The van der Waals surface area contributed by atoms with Crippen LogP contribution in [-0.2, 0) is 4.79 Å². The number of carboxylic acid groups (broad SMARTS) is 2. The third-order valence-electron chi connectivity index (χ3n) is 2.96. The van der Waals surface area contributed by atoms with Gasteiger partial charge in [-0.1, -0.05) is 11.6 Å². The second kappa shape index (κ2) is 5.68. The van der Waals surface area contributed by atoms with Crippen LogP contribution < -0.4 is 5.32 Å². The zero-order valence-corrected chi connectivity index (χ0v) is 11.6. The molecular weight excluding hydrogens is 308 g/mol. The zero-order chi connectivity index (χ0) is 14.9. The van der Waals surface area contributed by atoms with Gasteiger partial charge < -0.3 is 15.5 Å². The van der Waals surface area contributed by atoms with Crippen LogP contribution in [-0.4, -0.2) is 51.7 Å². The first-order chi connectivity index (χ1) is 9.38. The van der Waals surface area contributed by atoms with E-state index in [2.05, 4.69) is 5.32 Å². The molecule has 1 aliphatic rings. The molecule has 3 N–H and O–H groups in total. The Kier molecular flexibility index (Phi) is 4.15. The van der Waals surface area contributed by atoms with Gasteiger partial charge in [0.05, 0.1) is 9.21 Å². The monoisotopic (exact) mass is 318 g/mol. The first kappa shape index (κ1) is 14.6. The highest BCUT2D eigenvalue weighted by Gasteiger charge is 2.40. The number of nitrogens with zero attached hydrogens (tertiary/aromatic N) is 1. The summed E-state index contributed by atoms with van der Waals surface area (Å²) in [5, 5.41) is 20.5. The Hall–Kier alpha value is -1.80. The van der Waals surface area contributed by atoms with E-state index in [9.17, 15) is 14.4 Å². The van der Waals surface area contributed by atoms with Gasteiger partial charge in [-0.25, -0.2) is 9.59 Å². The molecule has 1 saturated heterocycles. The minimum atomic E-state index is -1.31. The van der Waals surface area contributed by atoms with E-state index in [4.69, 9.17) is 21.8 Å². The van der Waals surface area contributed by atoms with Crippen LogP contribution in [0.2, 0.25) is 4.34 Å². The number of hydrogen-bond acceptors (Lipinski definition) is 4. The first-order valence-corrected chi connectivity index (χ1v) is 6.86. The Morgan fingerprint density at radius 1 is 1.35 bits per heavy atom. The number of likely N-dealkylation sites (tertiary alicyclic amines) is 1. The summed E-state index contributed by atoms with van der Waals surface area (Å²) < 4.78 is 0.470. The molecule has 0 aliphatic carbocycles. The van der Waals surface area contributed by atoms with Gasteiger partial charge in [0.2, 0.25) is 0 Å². The van der Waals surface area contributed by atoms with E-state index in [0.717, 1.165) is 16.2 Å². The molecule has 9 heteroatoms. The lowest BCUT2D eigenvalue weighted by Crippen LogP contribution is -2.40. The van der Waals surface area contributed by atoms with E-state index in [-0.39, 0.29) is 18.9 Å². The number of hydrogen-bond donors (Lipinski definition) is 3. The normalized spacial score (nSPS) is 21.8. The van der Waals surface area contributed by atoms with E-state index in [1.165, 1.54) is 0 Å². The molecular formula is C11H11ClN2O5S. The highest BCUT2D eigenvalue weighted by molar-refractivity contribution is 7.17. The highest BCUT2D eigenvalue weighted by atomic mass is 35.5. The van der Waals surface area contributed by atoms with Crippen molar-refractivity contribution >= 4 is 40.9 Å². The highest BCUT2D eigenvalue weighted by Crippen LogP contribution is 2.23. The molecule has 1 aromatic heterocycles. The summed E-state index contributed by atoms with van der Waals surface area (Å²) in [6, 6.07) is 1.48. The molecule has 0 unspecified atom stereocenters. The maximum absolute atomic E-state index is 11.9. The second-order valence-electron chi connectivity index (χ2n) is 4.30. The number of amides is 2. The summed E-state index contributed by atoms with van der Waals surface area (Å²) in [4.78, 5) is 35.1. The van der Waals surface area contributed by atoms with E-state index < -0.39 is 24.1 Å². The smallest absolute Gasteiger partial charge is 0.408 e. The molecule has 2 heterocycles. The summed E-state index contributed by atoms with van der Waals surface area (Å²) in [6.07, 6.45) is -1.26. The first-order valence-electron chi connectivity index (χ1n) is 5.67. The molecule has 0 aromatic carbocycles. The lowest BCUT2D eigenvalue weighted by molar-refractivity contribution is -0.141. The Balaban J connectivity index is 2.03. The van der Waals surface area contributed by atoms with Crippen LogP contribution in [0.25, 0.3) is 0 Å². The van der Waals surface area contributed by atoms with Gasteiger partial charge in [0.15, 0.2) is 0 Å². The minimum absolute atomic E-state index is 0.0445. The van der Waals surface area contributed by atoms with Gasteiger partial charge in [-0.05, 0) is 12.1 Å². The van der Waals surface area contributed by atoms with Crippen molar-refractivity contribution < 1.29 is 24.6 Å². The van der Waals surface area contributed by atoms with Crippen LogP contribution in [0.4, 0.5) is 4.79 Å². The van der Waals surface area contributed by atoms with Crippen molar-refractivity contribution in [3.8, 4) is 0 Å². The molecule has 2 amide bonds. The van der Waals surface area contributed by atoms with E-state index >= 15 is 0 Å². The van der Waals surface area contributed by atoms with Crippen LogP contribution in [0, 0.1) is 0 Å². The standard InChI is InChI=1S/C11H11ClN2O5S/c12-8-2-1-7(20-8)9(15)13-5-3-6(10(16)17)14(4-5)11(18)19/h1-2,5-6H,3-4H2,(H,13,15)(H,16,17)(H,18,19)/t5-,6-/m0/s1. The SMILES string of the molecule is O=C(N[C@H]1C[C@@H](C(=O)O)N(C(=O)O)C1)c1ccc(Cl)s1. The zero-order valence-electron chi connectivity index (χ0n) is 10.1. The van der Waals surface area contributed by atoms with Crippen molar-refractivity contribution in [2.75, 3.05) is 6.54 Å².